The summed E-state index contributed by atoms with van der Waals surface area (Å²) in [5.74, 6) is 0.688. The zero-order valence-corrected chi connectivity index (χ0v) is 14.6. The van der Waals surface area contributed by atoms with Crippen molar-refractivity contribution < 1.29 is 4.80 Å². The van der Waals surface area contributed by atoms with Crippen LogP contribution in [0.4, 0.5) is 0 Å². The van der Waals surface area contributed by atoms with Crippen LogP contribution in [0.3, 0.4) is 0 Å². The van der Waals surface area contributed by atoms with Crippen molar-refractivity contribution >= 4 is 10.8 Å². The first-order valence-electron chi connectivity index (χ1n) is 8.88. The Morgan fingerprint density at radius 1 is 0.630 bits per heavy atom. The molecule has 4 nitrogen and oxygen atoms in total. The van der Waals surface area contributed by atoms with Crippen molar-refractivity contribution in [2.24, 2.45) is 0 Å². The van der Waals surface area contributed by atoms with Gasteiger partial charge in [-0.3, -0.25) is 0 Å². The van der Waals surface area contributed by atoms with Crippen molar-refractivity contribution in [2.45, 2.75) is 0 Å². The monoisotopic (exact) mass is 349 g/mol. The summed E-state index contributed by atoms with van der Waals surface area (Å²) in [6.07, 6.45) is 0. The summed E-state index contributed by atoms with van der Waals surface area (Å²) in [5, 5.41) is 12.0. The Morgan fingerprint density at radius 3 is 2.07 bits per heavy atom. The van der Waals surface area contributed by atoms with Crippen LogP contribution in [0.25, 0.3) is 33.5 Å². The van der Waals surface area contributed by atoms with E-state index in [-0.39, 0.29) is 0 Å². The van der Waals surface area contributed by atoms with Crippen molar-refractivity contribution in [2.75, 3.05) is 0 Å². The van der Waals surface area contributed by atoms with Gasteiger partial charge in [0.2, 0.25) is 0 Å². The fourth-order valence-corrected chi connectivity index (χ4v) is 3.18. The van der Waals surface area contributed by atoms with E-state index in [2.05, 4.69) is 36.4 Å². The predicted molar refractivity (Wildman–Crippen MR) is 106 cm³/mol. The van der Waals surface area contributed by atoms with Gasteiger partial charge in [0, 0.05) is 4.80 Å². The van der Waals surface area contributed by atoms with Crippen LogP contribution in [0.5, 0.6) is 0 Å². The molecule has 0 aliphatic heterocycles. The van der Waals surface area contributed by atoms with Gasteiger partial charge in [0.25, 0.3) is 0 Å². The number of hydrogen-bond donors (Lipinski definition) is 0. The van der Waals surface area contributed by atoms with Crippen LogP contribution in [0.2, 0.25) is 0 Å². The van der Waals surface area contributed by atoms with Crippen LogP contribution >= 0.6 is 0 Å². The summed E-state index contributed by atoms with van der Waals surface area (Å²) in [7, 11) is 0. The number of rotatable bonds is 3. The summed E-state index contributed by atoms with van der Waals surface area (Å²) >= 11 is 0. The van der Waals surface area contributed by atoms with Crippen molar-refractivity contribution in [1.82, 2.24) is 15.0 Å². The maximum absolute atomic E-state index is 4.80. The number of aromatic nitrogens is 4. The molecule has 1 aromatic heterocycles. The second-order valence-electron chi connectivity index (χ2n) is 6.34. The minimum atomic E-state index is 0.688. The van der Waals surface area contributed by atoms with Crippen LogP contribution in [0.1, 0.15) is 0 Å². The second-order valence-corrected chi connectivity index (χ2v) is 6.34. The van der Waals surface area contributed by atoms with E-state index < -0.39 is 0 Å². The molecule has 27 heavy (non-hydrogen) atoms. The molecule has 0 unspecified atom stereocenters. The lowest BCUT2D eigenvalue weighted by Gasteiger charge is -2.02. The highest BCUT2D eigenvalue weighted by Crippen LogP contribution is 2.19. The van der Waals surface area contributed by atoms with Gasteiger partial charge in [-0.2, -0.15) is 0 Å². The molecular formula is C23H17N4+. The van der Waals surface area contributed by atoms with Crippen molar-refractivity contribution in [3.05, 3.63) is 103 Å². The van der Waals surface area contributed by atoms with Crippen LogP contribution < -0.4 is 4.80 Å². The van der Waals surface area contributed by atoms with E-state index in [4.69, 9.17) is 10.2 Å². The van der Waals surface area contributed by atoms with Gasteiger partial charge in [-0.15, -0.1) is 0 Å². The van der Waals surface area contributed by atoms with E-state index in [1.165, 1.54) is 10.8 Å². The Balaban J connectivity index is 1.73. The summed E-state index contributed by atoms with van der Waals surface area (Å²) in [6.45, 7) is 0. The molecule has 0 amide bonds. The molecule has 0 aliphatic rings. The maximum atomic E-state index is 4.80. The molecule has 0 saturated heterocycles. The molecule has 0 saturated carbocycles. The minimum Gasteiger partial charge on any atom is -0.0622 e. The Labute approximate surface area is 156 Å². The van der Waals surface area contributed by atoms with Crippen LogP contribution in [-0.4, -0.2) is 15.0 Å². The highest BCUT2D eigenvalue weighted by molar-refractivity contribution is 5.84. The summed E-state index contributed by atoms with van der Waals surface area (Å²) in [4.78, 5) is 3.69. The number of para-hydroxylation sites is 1. The number of benzene rings is 4. The minimum absolute atomic E-state index is 0.688. The van der Waals surface area contributed by atoms with Gasteiger partial charge < -0.3 is 0 Å². The largest absolute Gasteiger partial charge is 0.340 e. The molecule has 1 heterocycles. The highest BCUT2D eigenvalue weighted by atomic mass is 15.7. The molecule has 0 aliphatic carbocycles. The fourth-order valence-electron chi connectivity index (χ4n) is 3.18. The van der Waals surface area contributed by atoms with E-state index in [0.717, 1.165) is 16.9 Å². The molecular weight excluding hydrogens is 332 g/mol. The average Bonchev–Trinajstić information content (AvgIpc) is 3.20. The molecule has 0 spiro atoms. The number of tetrazole rings is 1. The SMILES string of the molecule is c1ccc(-c2nn(-c3ccc4ccccc4c3)[n+](-c3ccccc3)n2)cc1. The molecule has 4 aromatic carbocycles. The van der Waals surface area contributed by atoms with E-state index in [9.17, 15) is 0 Å². The van der Waals surface area contributed by atoms with Gasteiger partial charge in [-0.1, -0.05) is 66.7 Å². The normalized spacial score (nSPS) is 11.0. The Kier molecular flexibility index (Phi) is 3.72. The van der Waals surface area contributed by atoms with Gasteiger partial charge in [-0.25, -0.2) is 0 Å². The molecule has 4 heteroatoms. The molecule has 5 aromatic rings. The molecule has 0 bridgehead atoms. The standard InChI is InChI=1S/C23H17N4/c1-3-10-19(11-4-1)23-24-26(21-13-5-2-6-14-21)27(25-23)22-16-15-18-9-7-8-12-20(18)17-22/h1-17H/q+1. The molecule has 0 fully saturated rings. The van der Waals surface area contributed by atoms with Gasteiger partial charge >= 0.3 is 5.82 Å². The summed E-state index contributed by atoms with van der Waals surface area (Å²) in [6, 6.07) is 34.8. The average molecular weight is 349 g/mol. The highest BCUT2D eigenvalue weighted by Gasteiger charge is 2.23. The van der Waals surface area contributed by atoms with Gasteiger partial charge in [0.15, 0.2) is 5.69 Å². The van der Waals surface area contributed by atoms with E-state index in [0.29, 0.717) is 5.82 Å². The van der Waals surface area contributed by atoms with E-state index >= 15 is 0 Å². The lowest BCUT2D eigenvalue weighted by Crippen LogP contribution is -2.43. The van der Waals surface area contributed by atoms with Crippen LogP contribution in [0, 0.1) is 0 Å². The van der Waals surface area contributed by atoms with Crippen LogP contribution in [0.15, 0.2) is 103 Å². The van der Waals surface area contributed by atoms with Crippen molar-refractivity contribution in [3.63, 3.8) is 0 Å². The zero-order valence-electron chi connectivity index (χ0n) is 14.6. The predicted octanol–water partition coefficient (Wildman–Crippen LogP) is 4.36. The fraction of sp³-hybridized carbons (Fsp3) is 0. The first-order chi connectivity index (χ1) is 13.4. The van der Waals surface area contributed by atoms with Gasteiger partial charge in [0.05, 0.1) is 10.7 Å². The smallest absolute Gasteiger partial charge is 0.0622 e. The van der Waals surface area contributed by atoms with Crippen molar-refractivity contribution in [3.8, 4) is 22.8 Å². The van der Waals surface area contributed by atoms with E-state index in [1.807, 2.05) is 76.3 Å². The lowest BCUT2D eigenvalue weighted by molar-refractivity contribution is -0.734. The topological polar surface area (TPSA) is 34.6 Å². The second kappa shape index (κ2) is 6.50. The number of nitrogens with zero attached hydrogens (tertiary/aromatic N) is 4. The molecule has 128 valence electrons. The van der Waals surface area contributed by atoms with E-state index in [1.54, 1.807) is 0 Å². The van der Waals surface area contributed by atoms with Gasteiger partial charge in [-0.05, 0) is 57.1 Å². The first kappa shape index (κ1) is 15.5. The van der Waals surface area contributed by atoms with Gasteiger partial charge in [0.1, 0.15) is 5.69 Å². The third kappa shape index (κ3) is 2.87. The summed E-state index contributed by atoms with van der Waals surface area (Å²) < 4.78 is 0. The third-order valence-corrected chi connectivity index (χ3v) is 4.54. The van der Waals surface area contributed by atoms with Crippen molar-refractivity contribution in [1.29, 1.82) is 0 Å². The Bertz CT molecular complexity index is 1210. The molecule has 5 rings (SSSR count). The molecule has 0 atom stereocenters. The Morgan fingerprint density at radius 2 is 1.30 bits per heavy atom. The first-order valence-corrected chi connectivity index (χ1v) is 8.88. The maximum Gasteiger partial charge on any atom is 0.340 e. The zero-order chi connectivity index (χ0) is 18.1. The molecule has 0 radical (unpaired) electrons. The lowest BCUT2D eigenvalue weighted by atomic mass is 10.1. The molecule has 0 N–H and O–H groups in total. The Hall–Kier alpha value is -3.79. The third-order valence-electron chi connectivity index (χ3n) is 4.54. The summed E-state index contributed by atoms with van der Waals surface area (Å²) in [5.41, 5.74) is 2.91. The van der Waals surface area contributed by atoms with Crippen LogP contribution in [-0.2, 0) is 0 Å². The number of fused-ring (bicyclic) bond motifs is 1. The number of hydrogen-bond acceptors (Lipinski definition) is 2. The quantitative estimate of drug-likeness (QED) is 0.454.